The Balaban J connectivity index is 1.71. The number of rotatable bonds is 4. The van der Waals surface area contributed by atoms with E-state index in [2.05, 4.69) is 16.3 Å². The first-order valence-corrected chi connectivity index (χ1v) is 7.09. The van der Waals surface area contributed by atoms with E-state index in [-0.39, 0.29) is 5.82 Å². The molecule has 0 aromatic heterocycles. The Morgan fingerprint density at radius 2 is 1.89 bits per heavy atom. The van der Waals surface area contributed by atoms with Crippen molar-refractivity contribution in [2.75, 3.05) is 18.0 Å². The number of hydrogen-bond acceptors (Lipinski definition) is 2. The Kier molecular flexibility index (Phi) is 3.50. The Bertz CT molecular complexity index is 409. The second-order valence-corrected chi connectivity index (χ2v) is 5.52. The first kappa shape index (κ1) is 12.0. The zero-order chi connectivity index (χ0) is 12.4. The van der Waals surface area contributed by atoms with Gasteiger partial charge in [-0.1, -0.05) is 0 Å². The molecule has 1 aliphatic heterocycles. The summed E-state index contributed by atoms with van der Waals surface area (Å²) >= 11 is 0. The lowest BCUT2D eigenvalue weighted by Crippen LogP contribution is -2.29. The molecule has 0 radical (unpaired) electrons. The van der Waals surface area contributed by atoms with Crippen molar-refractivity contribution in [1.82, 2.24) is 5.32 Å². The third kappa shape index (κ3) is 3.02. The van der Waals surface area contributed by atoms with Crippen LogP contribution in [0.5, 0.6) is 0 Å². The van der Waals surface area contributed by atoms with Crippen LogP contribution in [0.25, 0.3) is 0 Å². The number of benzene rings is 1. The van der Waals surface area contributed by atoms with E-state index in [1.54, 1.807) is 12.1 Å². The van der Waals surface area contributed by atoms with Gasteiger partial charge in [0.05, 0.1) is 0 Å². The molecule has 18 heavy (non-hydrogen) atoms. The summed E-state index contributed by atoms with van der Waals surface area (Å²) in [6.45, 7) is 2.93. The molecule has 1 heterocycles. The lowest BCUT2D eigenvalue weighted by atomic mass is 10.1. The second kappa shape index (κ2) is 5.27. The molecular formula is C15H21FN2. The SMILES string of the molecule is Fc1cc(CNC2CC2)cc(N2CCCCC2)c1. The van der Waals surface area contributed by atoms with Gasteiger partial charge in [-0.3, -0.25) is 0 Å². The second-order valence-electron chi connectivity index (χ2n) is 5.52. The van der Waals surface area contributed by atoms with Crippen molar-refractivity contribution in [3.05, 3.63) is 29.6 Å². The minimum atomic E-state index is -0.106. The maximum atomic E-state index is 13.7. The molecule has 0 atom stereocenters. The van der Waals surface area contributed by atoms with Gasteiger partial charge < -0.3 is 10.2 Å². The third-order valence-corrected chi connectivity index (χ3v) is 3.84. The van der Waals surface area contributed by atoms with Crippen molar-refractivity contribution >= 4 is 5.69 Å². The van der Waals surface area contributed by atoms with Gasteiger partial charge in [-0.05, 0) is 55.9 Å². The number of halogens is 1. The molecule has 0 amide bonds. The van der Waals surface area contributed by atoms with Crippen LogP contribution in [-0.2, 0) is 6.54 Å². The molecule has 1 N–H and O–H groups in total. The van der Waals surface area contributed by atoms with Gasteiger partial charge in [0.25, 0.3) is 0 Å². The van der Waals surface area contributed by atoms with E-state index < -0.39 is 0 Å². The van der Waals surface area contributed by atoms with Gasteiger partial charge in [0, 0.05) is 31.4 Å². The van der Waals surface area contributed by atoms with Crippen LogP contribution < -0.4 is 10.2 Å². The van der Waals surface area contributed by atoms with Gasteiger partial charge in [0.1, 0.15) is 5.82 Å². The normalized spacial score (nSPS) is 20.2. The summed E-state index contributed by atoms with van der Waals surface area (Å²) in [6.07, 6.45) is 6.31. The maximum absolute atomic E-state index is 13.7. The fraction of sp³-hybridized carbons (Fsp3) is 0.600. The van der Waals surface area contributed by atoms with Crippen LogP contribution in [-0.4, -0.2) is 19.1 Å². The number of piperidine rings is 1. The van der Waals surface area contributed by atoms with Gasteiger partial charge >= 0.3 is 0 Å². The molecule has 1 saturated carbocycles. The Labute approximate surface area is 108 Å². The van der Waals surface area contributed by atoms with Crippen LogP contribution in [0.4, 0.5) is 10.1 Å². The predicted octanol–water partition coefficient (Wildman–Crippen LogP) is 3.07. The van der Waals surface area contributed by atoms with Crippen molar-refractivity contribution in [2.24, 2.45) is 0 Å². The minimum absolute atomic E-state index is 0.106. The van der Waals surface area contributed by atoms with Gasteiger partial charge in [0.15, 0.2) is 0 Å². The first-order chi connectivity index (χ1) is 8.81. The summed E-state index contributed by atoms with van der Waals surface area (Å²) in [5, 5.41) is 3.45. The fourth-order valence-electron chi connectivity index (χ4n) is 2.62. The van der Waals surface area contributed by atoms with Crippen LogP contribution in [0.15, 0.2) is 18.2 Å². The predicted molar refractivity (Wildman–Crippen MR) is 72.3 cm³/mol. The van der Waals surface area contributed by atoms with Crippen LogP contribution in [0.3, 0.4) is 0 Å². The fourth-order valence-corrected chi connectivity index (χ4v) is 2.62. The highest BCUT2D eigenvalue weighted by molar-refractivity contribution is 5.49. The molecule has 0 spiro atoms. The summed E-state index contributed by atoms with van der Waals surface area (Å²) < 4.78 is 13.7. The monoisotopic (exact) mass is 248 g/mol. The van der Waals surface area contributed by atoms with Crippen molar-refractivity contribution in [2.45, 2.75) is 44.7 Å². The number of anilines is 1. The molecule has 2 nitrogen and oxygen atoms in total. The minimum Gasteiger partial charge on any atom is -0.371 e. The van der Waals surface area contributed by atoms with E-state index in [1.807, 2.05) is 0 Å². The Hall–Kier alpha value is -1.09. The molecule has 1 aromatic rings. The van der Waals surface area contributed by atoms with Gasteiger partial charge in [-0.15, -0.1) is 0 Å². The number of hydrogen-bond donors (Lipinski definition) is 1. The molecule has 0 bridgehead atoms. The molecular weight excluding hydrogens is 227 g/mol. The van der Waals surface area contributed by atoms with E-state index in [0.29, 0.717) is 6.04 Å². The third-order valence-electron chi connectivity index (χ3n) is 3.84. The van der Waals surface area contributed by atoms with Crippen molar-refractivity contribution in [1.29, 1.82) is 0 Å². The molecule has 1 aliphatic carbocycles. The molecule has 2 fully saturated rings. The van der Waals surface area contributed by atoms with Gasteiger partial charge in [-0.2, -0.15) is 0 Å². The highest BCUT2D eigenvalue weighted by Crippen LogP contribution is 2.24. The summed E-state index contributed by atoms with van der Waals surface area (Å²) in [4.78, 5) is 2.31. The van der Waals surface area contributed by atoms with Crippen LogP contribution in [0.2, 0.25) is 0 Å². The van der Waals surface area contributed by atoms with E-state index in [0.717, 1.165) is 30.9 Å². The zero-order valence-corrected chi connectivity index (χ0v) is 10.8. The van der Waals surface area contributed by atoms with Crippen LogP contribution in [0, 0.1) is 5.82 Å². The number of nitrogens with zero attached hydrogens (tertiary/aromatic N) is 1. The standard InChI is InChI=1S/C15H21FN2/c16-13-8-12(11-17-14-4-5-14)9-15(10-13)18-6-2-1-3-7-18/h8-10,14,17H,1-7,11H2. The summed E-state index contributed by atoms with van der Waals surface area (Å²) in [7, 11) is 0. The Morgan fingerprint density at radius 3 is 2.61 bits per heavy atom. The quantitative estimate of drug-likeness (QED) is 0.881. The highest BCUT2D eigenvalue weighted by atomic mass is 19.1. The number of nitrogens with one attached hydrogen (secondary N) is 1. The molecule has 3 rings (SSSR count). The van der Waals surface area contributed by atoms with Crippen molar-refractivity contribution in [3.8, 4) is 0 Å². The topological polar surface area (TPSA) is 15.3 Å². The molecule has 1 aromatic carbocycles. The van der Waals surface area contributed by atoms with Crippen molar-refractivity contribution in [3.63, 3.8) is 0 Å². The van der Waals surface area contributed by atoms with Gasteiger partial charge in [0.2, 0.25) is 0 Å². The summed E-state index contributed by atoms with van der Waals surface area (Å²) in [6, 6.07) is 6.14. The molecule has 1 saturated heterocycles. The van der Waals surface area contributed by atoms with Gasteiger partial charge in [-0.25, -0.2) is 4.39 Å². The lowest BCUT2D eigenvalue weighted by molar-refractivity contribution is 0.572. The van der Waals surface area contributed by atoms with Crippen LogP contribution in [0.1, 0.15) is 37.7 Å². The maximum Gasteiger partial charge on any atom is 0.125 e. The summed E-state index contributed by atoms with van der Waals surface area (Å²) in [5.41, 5.74) is 2.13. The highest BCUT2D eigenvalue weighted by Gasteiger charge is 2.20. The van der Waals surface area contributed by atoms with E-state index in [9.17, 15) is 4.39 Å². The van der Waals surface area contributed by atoms with E-state index in [4.69, 9.17) is 0 Å². The van der Waals surface area contributed by atoms with Crippen LogP contribution >= 0.6 is 0 Å². The average Bonchev–Trinajstić information content (AvgIpc) is 3.21. The van der Waals surface area contributed by atoms with Crippen molar-refractivity contribution < 1.29 is 4.39 Å². The average molecular weight is 248 g/mol. The molecule has 3 heteroatoms. The molecule has 0 unspecified atom stereocenters. The largest absolute Gasteiger partial charge is 0.371 e. The summed E-state index contributed by atoms with van der Waals surface area (Å²) in [5.74, 6) is -0.106. The molecule has 2 aliphatic rings. The lowest BCUT2D eigenvalue weighted by Gasteiger charge is -2.29. The molecule has 98 valence electrons. The Morgan fingerprint density at radius 1 is 1.11 bits per heavy atom. The van der Waals surface area contributed by atoms with E-state index in [1.165, 1.54) is 32.1 Å². The van der Waals surface area contributed by atoms with E-state index >= 15 is 0 Å². The smallest absolute Gasteiger partial charge is 0.125 e. The first-order valence-electron chi connectivity index (χ1n) is 7.09. The zero-order valence-electron chi connectivity index (χ0n) is 10.8.